The summed E-state index contributed by atoms with van der Waals surface area (Å²) >= 11 is 0. The Morgan fingerprint density at radius 1 is 1.05 bits per heavy atom. The molecule has 2 aromatic rings. The zero-order chi connectivity index (χ0) is 15.8. The van der Waals surface area contributed by atoms with E-state index in [0.29, 0.717) is 13.0 Å². The highest BCUT2D eigenvalue weighted by atomic mass is 16.5. The summed E-state index contributed by atoms with van der Waals surface area (Å²) in [5.41, 5.74) is 2.15. The van der Waals surface area contributed by atoms with Gasteiger partial charge in [-0.15, -0.1) is 0 Å². The SMILES string of the molecule is CCCN(Cc1ccccc1)C(=O)Cc1cccc(OC)c1. The molecule has 0 unspecified atom stereocenters. The van der Waals surface area contributed by atoms with Gasteiger partial charge < -0.3 is 9.64 Å². The van der Waals surface area contributed by atoms with Gasteiger partial charge in [0.05, 0.1) is 13.5 Å². The minimum Gasteiger partial charge on any atom is -0.497 e. The highest BCUT2D eigenvalue weighted by molar-refractivity contribution is 5.78. The second-order valence-electron chi connectivity index (χ2n) is 5.33. The summed E-state index contributed by atoms with van der Waals surface area (Å²) in [7, 11) is 1.64. The van der Waals surface area contributed by atoms with E-state index in [2.05, 4.69) is 19.1 Å². The molecule has 3 nitrogen and oxygen atoms in total. The van der Waals surface area contributed by atoms with Gasteiger partial charge in [0, 0.05) is 13.1 Å². The molecule has 0 aromatic heterocycles. The molecule has 0 saturated heterocycles. The lowest BCUT2D eigenvalue weighted by Gasteiger charge is -2.22. The number of hydrogen-bond donors (Lipinski definition) is 0. The second kappa shape index (κ2) is 8.23. The van der Waals surface area contributed by atoms with Gasteiger partial charge in [-0.3, -0.25) is 4.79 Å². The molecule has 2 rings (SSSR count). The Labute approximate surface area is 132 Å². The third-order valence-corrected chi connectivity index (χ3v) is 3.55. The molecular formula is C19H23NO2. The summed E-state index contributed by atoms with van der Waals surface area (Å²) in [6.45, 7) is 3.53. The van der Waals surface area contributed by atoms with E-state index in [1.165, 1.54) is 0 Å². The van der Waals surface area contributed by atoms with Crippen LogP contribution in [0.3, 0.4) is 0 Å². The molecule has 0 radical (unpaired) electrons. The van der Waals surface area contributed by atoms with Gasteiger partial charge in [0.15, 0.2) is 0 Å². The van der Waals surface area contributed by atoms with Crippen molar-refractivity contribution in [2.75, 3.05) is 13.7 Å². The van der Waals surface area contributed by atoms with Crippen LogP contribution in [0.5, 0.6) is 5.75 Å². The Balaban J connectivity index is 2.05. The van der Waals surface area contributed by atoms with Crippen LogP contribution < -0.4 is 4.74 Å². The van der Waals surface area contributed by atoms with Crippen molar-refractivity contribution in [3.05, 3.63) is 65.7 Å². The van der Waals surface area contributed by atoms with Crippen molar-refractivity contribution in [2.45, 2.75) is 26.3 Å². The maximum Gasteiger partial charge on any atom is 0.227 e. The molecule has 3 heteroatoms. The molecule has 0 saturated carbocycles. The van der Waals surface area contributed by atoms with E-state index in [9.17, 15) is 4.79 Å². The number of hydrogen-bond acceptors (Lipinski definition) is 2. The zero-order valence-electron chi connectivity index (χ0n) is 13.3. The third kappa shape index (κ3) is 4.62. The smallest absolute Gasteiger partial charge is 0.227 e. The predicted octanol–water partition coefficient (Wildman–Crippen LogP) is 3.68. The van der Waals surface area contributed by atoms with E-state index in [4.69, 9.17) is 4.74 Å². The lowest BCUT2D eigenvalue weighted by Crippen LogP contribution is -2.32. The average molecular weight is 297 g/mol. The molecule has 22 heavy (non-hydrogen) atoms. The minimum atomic E-state index is 0.152. The number of amides is 1. The third-order valence-electron chi connectivity index (χ3n) is 3.55. The fourth-order valence-electron chi connectivity index (χ4n) is 2.43. The Hall–Kier alpha value is -2.29. The van der Waals surface area contributed by atoms with Crippen LogP contribution in [0.25, 0.3) is 0 Å². The summed E-state index contributed by atoms with van der Waals surface area (Å²) in [5, 5.41) is 0. The Bertz CT molecular complexity index is 595. The molecule has 0 heterocycles. The van der Waals surface area contributed by atoms with Gasteiger partial charge in [-0.1, -0.05) is 49.4 Å². The van der Waals surface area contributed by atoms with Crippen LogP contribution in [-0.4, -0.2) is 24.5 Å². The Morgan fingerprint density at radius 3 is 2.45 bits per heavy atom. The average Bonchev–Trinajstić information content (AvgIpc) is 2.55. The molecule has 2 aromatic carbocycles. The molecule has 0 bridgehead atoms. The van der Waals surface area contributed by atoms with Gasteiger partial charge >= 0.3 is 0 Å². The monoisotopic (exact) mass is 297 g/mol. The Morgan fingerprint density at radius 2 is 1.77 bits per heavy atom. The van der Waals surface area contributed by atoms with E-state index < -0.39 is 0 Å². The van der Waals surface area contributed by atoms with Crippen molar-refractivity contribution in [3.63, 3.8) is 0 Å². The molecule has 0 fully saturated rings. The molecule has 116 valence electrons. The first-order chi connectivity index (χ1) is 10.7. The number of ether oxygens (including phenoxy) is 1. The highest BCUT2D eigenvalue weighted by Crippen LogP contribution is 2.15. The molecular weight excluding hydrogens is 274 g/mol. The molecule has 0 aliphatic rings. The summed E-state index contributed by atoms with van der Waals surface area (Å²) in [6, 6.07) is 17.8. The first-order valence-electron chi connectivity index (χ1n) is 7.67. The number of nitrogens with zero attached hydrogens (tertiary/aromatic N) is 1. The lowest BCUT2D eigenvalue weighted by atomic mass is 10.1. The van der Waals surface area contributed by atoms with Crippen LogP contribution in [0.4, 0.5) is 0 Å². The lowest BCUT2D eigenvalue weighted by molar-refractivity contribution is -0.131. The van der Waals surface area contributed by atoms with Gasteiger partial charge in [-0.2, -0.15) is 0 Å². The molecule has 1 amide bonds. The Kier molecular flexibility index (Phi) is 6.01. The van der Waals surface area contributed by atoms with Gasteiger partial charge in [0.2, 0.25) is 5.91 Å². The summed E-state index contributed by atoms with van der Waals surface area (Å²) < 4.78 is 5.22. The van der Waals surface area contributed by atoms with Crippen LogP contribution in [0.2, 0.25) is 0 Å². The second-order valence-corrected chi connectivity index (χ2v) is 5.33. The normalized spacial score (nSPS) is 10.3. The fraction of sp³-hybridized carbons (Fsp3) is 0.316. The van der Waals surface area contributed by atoms with E-state index in [1.54, 1.807) is 7.11 Å². The number of rotatable bonds is 7. The summed E-state index contributed by atoms with van der Waals surface area (Å²) in [5.74, 6) is 0.939. The van der Waals surface area contributed by atoms with Crippen molar-refractivity contribution < 1.29 is 9.53 Å². The maximum absolute atomic E-state index is 12.6. The maximum atomic E-state index is 12.6. The molecule has 0 aliphatic carbocycles. The zero-order valence-corrected chi connectivity index (χ0v) is 13.3. The van der Waals surface area contributed by atoms with Crippen LogP contribution in [0, 0.1) is 0 Å². The van der Waals surface area contributed by atoms with Gasteiger partial charge in [0.25, 0.3) is 0 Å². The number of carbonyl (C=O) groups is 1. The minimum absolute atomic E-state index is 0.152. The molecule has 0 atom stereocenters. The van der Waals surface area contributed by atoms with Crippen molar-refractivity contribution in [1.29, 1.82) is 0 Å². The number of carbonyl (C=O) groups excluding carboxylic acids is 1. The van der Waals surface area contributed by atoms with Gasteiger partial charge in [-0.05, 0) is 29.7 Å². The van der Waals surface area contributed by atoms with Gasteiger partial charge in [-0.25, -0.2) is 0 Å². The first kappa shape index (κ1) is 16.1. The highest BCUT2D eigenvalue weighted by Gasteiger charge is 2.14. The summed E-state index contributed by atoms with van der Waals surface area (Å²) in [6.07, 6.45) is 1.36. The number of benzene rings is 2. The van der Waals surface area contributed by atoms with Crippen molar-refractivity contribution in [2.24, 2.45) is 0 Å². The van der Waals surface area contributed by atoms with Crippen molar-refractivity contribution in [1.82, 2.24) is 4.90 Å². The van der Waals surface area contributed by atoms with Crippen LogP contribution in [0.1, 0.15) is 24.5 Å². The standard InChI is InChI=1S/C19H23NO2/c1-3-12-20(15-16-8-5-4-6-9-16)19(21)14-17-10-7-11-18(13-17)22-2/h4-11,13H,3,12,14-15H2,1-2H3. The van der Waals surface area contributed by atoms with E-state index in [0.717, 1.165) is 29.8 Å². The van der Waals surface area contributed by atoms with Crippen LogP contribution >= 0.6 is 0 Å². The van der Waals surface area contributed by atoms with Gasteiger partial charge in [0.1, 0.15) is 5.75 Å². The van der Waals surface area contributed by atoms with Crippen LogP contribution in [-0.2, 0) is 17.8 Å². The first-order valence-corrected chi connectivity index (χ1v) is 7.67. The molecule has 0 N–H and O–H groups in total. The van der Waals surface area contributed by atoms with E-state index in [1.807, 2.05) is 47.4 Å². The number of methoxy groups -OCH3 is 1. The van der Waals surface area contributed by atoms with E-state index in [-0.39, 0.29) is 5.91 Å². The molecule has 0 spiro atoms. The molecule has 0 aliphatic heterocycles. The summed E-state index contributed by atoms with van der Waals surface area (Å²) in [4.78, 5) is 14.5. The quantitative estimate of drug-likeness (QED) is 0.780. The van der Waals surface area contributed by atoms with E-state index >= 15 is 0 Å². The topological polar surface area (TPSA) is 29.5 Å². The predicted molar refractivity (Wildman–Crippen MR) is 88.8 cm³/mol. The van der Waals surface area contributed by atoms with Crippen LogP contribution in [0.15, 0.2) is 54.6 Å². The van der Waals surface area contributed by atoms with Crippen molar-refractivity contribution >= 4 is 5.91 Å². The largest absolute Gasteiger partial charge is 0.497 e. The fourth-order valence-corrected chi connectivity index (χ4v) is 2.43. The van der Waals surface area contributed by atoms with Crippen molar-refractivity contribution in [3.8, 4) is 5.75 Å².